The van der Waals surface area contributed by atoms with E-state index in [0.29, 0.717) is 5.56 Å². The van der Waals surface area contributed by atoms with Crippen molar-refractivity contribution >= 4 is 29.9 Å². The number of aliphatic hydroxyl groups is 1. The normalized spacial score (nSPS) is 27.0. The summed E-state index contributed by atoms with van der Waals surface area (Å²) in [5, 5.41) is 16.1. The lowest BCUT2D eigenvalue weighted by atomic mass is 9.89. The quantitative estimate of drug-likeness (QED) is 0.526. The van der Waals surface area contributed by atoms with Crippen LogP contribution in [0.15, 0.2) is 18.2 Å². The molecule has 5 N–H and O–H groups in total. The topological polar surface area (TPSA) is 85.4 Å². The van der Waals surface area contributed by atoms with Gasteiger partial charge >= 0.3 is 0 Å². The zero-order valence-electron chi connectivity index (χ0n) is 12.9. The Kier molecular flexibility index (Phi) is 6.79. The molecular formula is C15H21Cl2FN4O2. The maximum Gasteiger partial charge on any atom is 0.238 e. The van der Waals surface area contributed by atoms with Gasteiger partial charge in [-0.2, -0.15) is 0 Å². The molecular weight excluding hydrogens is 358 g/mol. The molecule has 4 unspecified atom stereocenters. The molecule has 1 amide bonds. The van der Waals surface area contributed by atoms with Gasteiger partial charge in [0.15, 0.2) is 0 Å². The predicted octanol–water partition coefficient (Wildman–Crippen LogP) is 0.505. The Morgan fingerprint density at radius 1 is 1.46 bits per heavy atom. The highest BCUT2D eigenvalue weighted by molar-refractivity contribution is 6.30. The van der Waals surface area contributed by atoms with Gasteiger partial charge in [0.2, 0.25) is 5.91 Å². The molecule has 2 fully saturated rings. The van der Waals surface area contributed by atoms with Gasteiger partial charge in [0, 0.05) is 25.0 Å². The van der Waals surface area contributed by atoms with Crippen molar-refractivity contribution in [3.05, 3.63) is 34.6 Å². The van der Waals surface area contributed by atoms with E-state index in [9.17, 15) is 14.3 Å². The van der Waals surface area contributed by atoms with Crippen LogP contribution in [0.3, 0.4) is 0 Å². The average molecular weight is 379 g/mol. The number of piperidine rings is 1. The first-order valence-corrected chi connectivity index (χ1v) is 8.06. The fraction of sp³-hybridized carbons (Fsp3) is 0.533. The zero-order valence-corrected chi connectivity index (χ0v) is 14.5. The molecule has 2 aliphatic heterocycles. The van der Waals surface area contributed by atoms with Crippen LogP contribution in [0.2, 0.25) is 5.02 Å². The minimum Gasteiger partial charge on any atom is -0.387 e. The second-order valence-corrected chi connectivity index (χ2v) is 6.37. The van der Waals surface area contributed by atoms with Crippen LogP contribution >= 0.6 is 24.0 Å². The molecule has 134 valence electrons. The minimum absolute atomic E-state index is 0. The number of benzene rings is 1. The molecule has 0 aromatic heterocycles. The van der Waals surface area contributed by atoms with Crippen molar-refractivity contribution in [2.24, 2.45) is 5.92 Å². The summed E-state index contributed by atoms with van der Waals surface area (Å²) < 4.78 is 13.4. The van der Waals surface area contributed by atoms with Crippen LogP contribution < -0.4 is 21.5 Å². The third kappa shape index (κ3) is 4.17. The van der Waals surface area contributed by atoms with E-state index >= 15 is 0 Å². The highest BCUT2D eigenvalue weighted by Crippen LogP contribution is 2.21. The van der Waals surface area contributed by atoms with Crippen molar-refractivity contribution in [2.45, 2.75) is 24.6 Å². The molecule has 0 bridgehead atoms. The van der Waals surface area contributed by atoms with Gasteiger partial charge in [-0.25, -0.2) is 9.82 Å². The van der Waals surface area contributed by atoms with Crippen LogP contribution in [-0.2, 0) is 4.79 Å². The van der Waals surface area contributed by atoms with Crippen LogP contribution in [-0.4, -0.2) is 42.7 Å². The van der Waals surface area contributed by atoms with E-state index in [1.807, 2.05) is 0 Å². The Morgan fingerprint density at radius 2 is 2.25 bits per heavy atom. The second kappa shape index (κ2) is 8.42. The van der Waals surface area contributed by atoms with E-state index < -0.39 is 11.9 Å². The summed E-state index contributed by atoms with van der Waals surface area (Å²) in [7, 11) is 0. The van der Waals surface area contributed by atoms with E-state index in [2.05, 4.69) is 21.5 Å². The SMILES string of the molecule is Cl.O=C(NCC(O)c1ccc(Cl)c(F)c1)C1NNC2CCNCC21. The van der Waals surface area contributed by atoms with Crippen LogP contribution in [0.1, 0.15) is 18.1 Å². The number of carbonyl (C=O) groups excluding carboxylic acids is 1. The Hall–Kier alpha value is -0.960. The second-order valence-electron chi connectivity index (χ2n) is 5.96. The van der Waals surface area contributed by atoms with E-state index in [1.54, 1.807) is 6.07 Å². The molecule has 0 radical (unpaired) electrons. The summed E-state index contributed by atoms with van der Waals surface area (Å²) in [6.07, 6.45) is -0.0194. The molecule has 4 atom stereocenters. The summed E-state index contributed by atoms with van der Waals surface area (Å²) in [5.41, 5.74) is 6.54. The molecule has 0 spiro atoms. The van der Waals surface area contributed by atoms with Crippen molar-refractivity contribution < 1.29 is 14.3 Å². The molecule has 3 rings (SSSR count). The summed E-state index contributed by atoms with van der Waals surface area (Å²) in [4.78, 5) is 12.3. The summed E-state index contributed by atoms with van der Waals surface area (Å²) in [6.45, 7) is 1.72. The third-order valence-electron chi connectivity index (χ3n) is 4.46. The Bertz CT molecular complexity index is 593. The number of fused-ring (bicyclic) bond motifs is 1. The number of hydrazine groups is 1. The highest BCUT2D eigenvalue weighted by atomic mass is 35.5. The summed E-state index contributed by atoms with van der Waals surface area (Å²) in [6, 6.07) is 4.04. The number of halogens is 3. The van der Waals surface area contributed by atoms with Gasteiger partial charge in [-0.3, -0.25) is 10.2 Å². The van der Waals surface area contributed by atoms with Crippen LogP contribution in [0.25, 0.3) is 0 Å². The fourth-order valence-electron chi connectivity index (χ4n) is 3.12. The molecule has 0 aliphatic carbocycles. The zero-order chi connectivity index (χ0) is 16.4. The van der Waals surface area contributed by atoms with E-state index in [-0.39, 0.29) is 47.9 Å². The number of aliphatic hydroxyl groups excluding tert-OH is 1. The first-order valence-electron chi connectivity index (χ1n) is 7.69. The number of rotatable bonds is 4. The number of amides is 1. The van der Waals surface area contributed by atoms with Gasteiger partial charge in [-0.15, -0.1) is 12.4 Å². The van der Waals surface area contributed by atoms with E-state index in [4.69, 9.17) is 11.6 Å². The largest absolute Gasteiger partial charge is 0.387 e. The molecule has 1 aromatic rings. The summed E-state index contributed by atoms with van der Waals surface area (Å²) >= 11 is 5.62. The molecule has 24 heavy (non-hydrogen) atoms. The maximum atomic E-state index is 13.4. The predicted molar refractivity (Wildman–Crippen MR) is 91.5 cm³/mol. The van der Waals surface area contributed by atoms with Crippen molar-refractivity contribution in [1.29, 1.82) is 0 Å². The van der Waals surface area contributed by atoms with Gasteiger partial charge in [0.25, 0.3) is 0 Å². The summed E-state index contributed by atoms with van der Waals surface area (Å²) in [5.74, 6) is -0.594. The molecule has 6 nitrogen and oxygen atoms in total. The Balaban J connectivity index is 0.00000208. The van der Waals surface area contributed by atoms with Gasteiger partial charge in [-0.1, -0.05) is 17.7 Å². The third-order valence-corrected chi connectivity index (χ3v) is 4.77. The smallest absolute Gasteiger partial charge is 0.238 e. The van der Waals surface area contributed by atoms with Crippen molar-refractivity contribution in [3.63, 3.8) is 0 Å². The monoisotopic (exact) mass is 378 g/mol. The highest BCUT2D eigenvalue weighted by Gasteiger charge is 2.41. The number of nitrogens with one attached hydrogen (secondary N) is 4. The minimum atomic E-state index is -0.986. The van der Waals surface area contributed by atoms with Crippen LogP contribution in [0.4, 0.5) is 4.39 Å². The van der Waals surface area contributed by atoms with Gasteiger partial charge in [0.05, 0.1) is 11.1 Å². The number of carbonyl (C=O) groups is 1. The number of hydrogen-bond acceptors (Lipinski definition) is 5. The molecule has 2 heterocycles. The van der Waals surface area contributed by atoms with E-state index in [0.717, 1.165) is 19.5 Å². The van der Waals surface area contributed by atoms with Crippen LogP contribution in [0, 0.1) is 11.7 Å². The first-order chi connectivity index (χ1) is 11.1. The van der Waals surface area contributed by atoms with Gasteiger partial charge < -0.3 is 15.7 Å². The molecule has 0 saturated carbocycles. The lowest BCUT2D eigenvalue weighted by Crippen LogP contribution is -2.49. The first kappa shape index (κ1) is 19.4. The Labute approximate surface area is 150 Å². The van der Waals surface area contributed by atoms with Crippen molar-refractivity contribution in [1.82, 2.24) is 21.5 Å². The standard InChI is InChI=1S/C15H20ClFN4O2.ClH/c16-10-2-1-8(5-11(10)17)13(22)7-19-15(23)14-9-6-18-4-3-12(9)20-21-14;/h1-2,5,9,12-14,18,20-22H,3-4,6-7H2,(H,19,23);1H. The molecule has 2 saturated heterocycles. The lowest BCUT2D eigenvalue weighted by molar-refractivity contribution is -0.124. The lowest BCUT2D eigenvalue weighted by Gasteiger charge is -2.27. The van der Waals surface area contributed by atoms with Gasteiger partial charge in [0.1, 0.15) is 11.9 Å². The fourth-order valence-corrected chi connectivity index (χ4v) is 3.24. The molecule has 9 heteroatoms. The van der Waals surface area contributed by atoms with E-state index in [1.165, 1.54) is 12.1 Å². The average Bonchev–Trinajstić information content (AvgIpc) is 2.99. The van der Waals surface area contributed by atoms with Crippen LogP contribution in [0.5, 0.6) is 0 Å². The number of hydrogen-bond donors (Lipinski definition) is 5. The Morgan fingerprint density at radius 3 is 3.00 bits per heavy atom. The van der Waals surface area contributed by atoms with Crippen molar-refractivity contribution in [3.8, 4) is 0 Å². The molecule has 2 aliphatic rings. The van der Waals surface area contributed by atoms with Gasteiger partial charge in [-0.05, 0) is 30.7 Å². The molecule has 1 aromatic carbocycles. The van der Waals surface area contributed by atoms with Crippen molar-refractivity contribution in [2.75, 3.05) is 19.6 Å². The maximum absolute atomic E-state index is 13.4.